The van der Waals surface area contributed by atoms with E-state index >= 15 is 0 Å². The molecule has 0 saturated carbocycles. The van der Waals surface area contributed by atoms with Crippen LogP contribution in [-0.2, 0) is 4.79 Å². The number of nitrogens with one attached hydrogen (secondary N) is 2. The molecule has 188 valence electrons. The van der Waals surface area contributed by atoms with Crippen molar-refractivity contribution >= 4 is 40.6 Å². The Morgan fingerprint density at radius 1 is 1.00 bits per heavy atom. The van der Waals surface area contributed by atoms with Gasteiger partial charge in [-0.2, -0.15) is 13.2 Å². The van der Waals surface area contributed by atoms with Gasteiger partial charge in [0, 0.05) is 54.6 Å². The zero-order chi connectivity index (χ0) is 25.2. The lowest BCUT2D eigenvalue weighted by molar-refractivity contribution is -0.266. The molecule has 0 aliphatic carbocycles. The van der Waals surface area contributed by atoms with Crippen LogP contribution in [0.1, 0.15) is 25.7 Å². The van der Waals surface area contributed by atoms with E-state index in [-0.39, 0.29) is 19.0 Å². The van der Waals surface area contributed by atoms with Gasteiger partial charge in [0.1, 0.15) is 6.04 Å². The molecule has 1 unspecified atom stereocenters. The first-order valence-corrected chi connectivity index (χ1v) is 11.7. The van der Waals surface area contributed by atoms with Gasteiger partial charge in [0.2, 0.25) is 5.91 Å². The van der Waals surface area contributed by atoms with Crippen LogP contribution < -0.4 is 20.4 Å². The summed E-state index contributed by atoms with van der Waals surface area (Å²) >= 11 is 5.85. The maximum Gasteiger partial charge on any atom is 0.417 e. The van der Waals surface area contributed by atoms with E-state index in [4.69, 9.17) is 11.6 Å². The number of halogens is 4. The fraction of sp³-hybridized carbons (Fsp3) is 0.417. The summed E-state index contributed by atoms with van der Waals surface area (Å²) in [4.78, 5) is 28.8. The maximum atomic E-state index is 13.0. The number of anilines is 3. The summed E-state index contributed by atoms with van der Waals surface area (Å²) < 4.78 is 39.1. The van der Waals surface area contributed by atoms with E-state index in [1.54, 1.807) is 58.3 Å². The van der Waals surface area contributed by atoms with Gasteiger partial charge in [0.15, 0.2) is 5.60 Å². The van der Waals surface area contributed by atoms with Gasteiger partial charge in [-0.25, -0.2) is 4.79 Å². The van der Waals surface area contributed by atoms with Crippen LogP contribution in [0.5, 0.6) is 0 Å². The van der Waals surface area contributed by atoms with E-state index in [0.717, 1.165) is 5.69 Å². The van der Waals surface area contributed by atoms with Gasteiger partial charge in [-0.3, -0.25) is 4.79 Å². The predicted molar refractivity (Wildman–Crippen MR) is 128 cm³/mol. The Balaban J connectivity index is 1.35. The highest BCUT2D eigenvalue weighted by molar-refractivity contribution is 6.30. The Hall–Kier alpha value is -2.98. The number of hydrogen-bond donors (Lipinski definition) is 3. The lowest BCUT2D eigenvalue weighted by Crippen LogP contribution is -2.53. The highest BCUT2D eigenvalue weighted by Gasteiger charge is 2.54. The molecule has 2 aromatic rings. The van der Waals surface area contributed by atoms with E-state index in [1.807, 2.05) is 0 Å². The molecule has 2 aliphatic heterocycles. The summed E-state index contributed by atoms with van der Waals surface area (Å²) in [6, 6.07) is 12.4. The van der Waals surface area contributed by atoms with Crippen molar-refractivity contribution in [2.75, 3.05) is 34.8 Å². The number of hydrogen-bond acceptors (Lipinski definition) is 4. The number of benzene rings is 2. The molecule has 35 heavy (non-hydrogen) atoms. The molecular weight excluding hydrogens is 485 g/mol. The van der Waals surface area contributed by atoms with E-state index in [2.05, 4.69) is 10.6 Å². The van der Waals surface area contributed by atoms with Crippen LogP contribution in [0.3, 0.4) is 0 Å². The topological polar surface area (TPSA) is 84.9 Å². The third-order valence-electron chi connectivity index (χ3n) is 6.49. The van der Waals surface area contributed by atoms with Gasteiger partial charge < -0.3 is 25.5 Å². The van der Waals surface area contributed by atoms with Crippen molar-refractivity contribution in [3.8, 4) is 0 Å². The number of nitrogens with zero attached hydrogens (tertiary/aromatic N) is 2. The average Bonchev–Trinajstić information content (AvgIpc) is 2.82. The zero-order valence-electron chi connectivity index (χ0n) is 18.8. The minimum Gasteiger partial charge on any atom is -0.380 e. The van der Waals surface area contributed by atoms with Crippen molar-refractivity contribution in [1.29, 1.82) is 0 Å². The fourth-order valence-electron chi connectivity index (χ4n) is 4.39. The first kappa shape index (κ1) is 25.1. The van der Waals surface area contributed by atoms with E-state index in [1.165, 1.54) is 0 Å². The summed E-state index contributed by atoms with van der Waals surface area (Å²) in [5, 5.41) is 15.8. The van der Waals surface area contributed by atoms with Gasteiger partial charge in [0.05, 0.1) is 0 Å². The van der Waals surface area contributed by atoms with Gasteiger partial charge in [-0.15, -0.1) is 0 Å². The molecule has 1 atom stereocenters. The minimum absolute atomic E-state index is 0.0761. The molecule has 0 radical (unpaired) electrons. The van der Waals surface area contributed by atoms with Crippen molar-refractivity contribution in [3.05, 3.63) is 53.6 Å². The van der Waals surface area contributed by atoms with Crippen molar-refractivity contribution in [1.82, 2.24) is 5.32 Å². The largest absolute Gasteiger partial charge is 0.417 e. The van der Waals surface area contributed by atoms with Crippen LogP contribution in [0.2, 0.25) is 5.02 Å². The van der Waals surface area contributed by atoms with E-state index in [9.17, 15) is 27.9 Å². The Morgan fingerprint density at radius 3 is 2.20 bits per heavy atom. The average molecular weight is 511 g/mol. The highest BCUT2D eigenvalue weighted by Crippen LogP contribution is 2.39. The molecular formula is C24H26ClF3N4O3. The van der Waals surface area contributed by atoms with Crippen molar-refractivity contribution < 1.29 is 27.9 Å². The molecule has 2 aliphatic rings. The minimum atomic E-state index is -4.64. The number of carbonyl (C=O) groups excluding carboxylic acids is 2. The molecule has 11 heteroatoms. The quantitative estimate of drug-likeness (QED) is 0.563. The summed E-state index contributed by atoms with van der Waals surface area (Å²) in [5.74, 6) is -0.233. The second-order valence-electron chi connectivity index (χ2n) is 8.82. The smallest absolute Gasteiger partial charge is 0.380 e. The first-order chi connectivity index (χ1) is 16.6. The third kappa shape index (κ3) is 5.65. The molecule has 2 saturated heterocycles. The highest BCUT2D eigenvalue weighted by atomic mass is 35.5. The number of rotatable bonds is 4. The Kier molecular flexibility index (Phi) is 7.14. The number of urea groups is 1. The molecule has 4 rings (SSSR count). The normalized spacial score (nSPS) is 20.5. The van der Waals surface area contributed by atoms with Crippen LogP contribution in [0.4, 0.5) is 35.0 Å². The second kappa shape index (κ2) is 9.94. The molecule has 7 nitrogen and oxygen atoms in total. The number of piperidine rings is 2. The summed E-state index contributed by atoms with van der Waals surface area (Å²) in [6.07, 6.45) is -4.23. The maximum absolute atomic E-state index is 13.0. The molecule has 3 N–H and O–H groups in total. The van der Waals surface area contributed by atoms with Crippen LogP contribution >= 0.6 is 11.6 Å². The Morgan fingerprint density at radius 2 is 1.60 bits per heavy atom. The van der Waals surface area contributed by atoms with Crippen molar-refractivity contribution in [3.63, 3.8) is 0 Å². The fourth-order valence-corrected chi connectivity index (χ4v) is 4.51. The summed E-state index contributed by atoms with van der Waals surface area (Å²) in [6.45, 7) is 0.650. The number of amides is 3. The number of carbonyl (C=O) groups is 2. The molecule has 0 spiro atoms. The van der Waals surface area contributed by atoms with Crippen molar-refractivity contribution in [2.24, 2.45) is 0 Å². The van der Waals surface area contributed by atoms with Crippen molar-refractivity contribution in [2.45, 2.75) is 43.5 Å². The van der Waals surface area contributed by atoms with Gasteiger partial charge in [-0.05, 0) is 61.4 Å². The van der Waals surface area contributed by atoms with E-state index < -0.39 is 36.7 Å². The Bertz CT molecular complexity index is 1060. The van der Waals surface area contributed by atoms with E-state index in [0.29, 0.717) is 35.8 Å². The molecule has 2 heterocycles. The van der Waals surface area contributed by atoms with Gasteiger partial charge >= 0.3 is 12.2 Å². The summed E-state index contributed by atoms with van der Waals surface area (Å²) in [7, 11) is 0. The molecule has 0 aromatic heterocycles. The standard InChI is InChI=1S/C24H26ClF3N4O3/c25-16-3-5-17(6-4-16)29-22(34)30-20-2-1-13-32(21(20)33)19-9-7-18(8-10-19)31-14-11-23(35,12-15-31)24(26,27)28/h3-10,20,35H,1-2,11-15H2,(H2,29,30,34). The number of aliphatic hydroxyl groups is 1. The van der Waals surface area contributed by atoms with Crippen LogP contribution in [0, 0.1) is 0 Å². The number of alkyl halides is 3. The summed E-state index contributed by atoms with van der Waals surface area (Å²) in [5.41, 5.74) is -0.730. The monoisotopic (exact) mass is 510 g/mol. The molecule has 3 amide bonds. The zero-order valence-corrected chi connectivity index (χ0v) is 19.6. The lowest BCUT2D eigenvalue weighted by atomic mass is 9.90. The third-order valence-corrected chi connectivity index (χ3v) is 6.74. The first-order valence-electron chi connectivity index (χ1n) is 11.3. The van der Waals surface area contributed by atoms with Crippen LogP contribution in [-0.4, -0.2) is 54.5 Å². The lowest BCUT2D eigenvalue weighted by Gasteiger charge is -2.40. The van der Waals surface area contributed by atoms with Crippen LogP contribution in [0.25, 0.3) is 0 Å². The van der Waals surface area contributed by atoms with Crippen LogP contribution in [0.15, 0.2) is 48.5 Å². The molecule has 0 bridgehead atoms. The SMILES string of the molecule is O=C(Nc1ccc(Cl)cc1)NC1CCCN(c2ccc(N3CCC(O)(C(F)(F)F)CC3)cc2)C1=O. The second-order valence-corrected chi connectivity index (χ2v) is 9.26. The van der Waals surface area contributed by atoms with Gasteiger partial charge in [0.25, 0.3) is 0 Å². The Labute approximate surface area is 205 Å². The predicted octanol–water partition coefficient (Wildman–Crippen LogP) is 4.55. The molecule has 2 aromatic carbocycles. The van der Waals surface area contributed by atoms with Gasteiger partial charge in [-0.1, -0.05) is 11.6 Å². The molecule has 2 fully saturated rings.